The standard InChI is InChI=1S/C13H22N.C2HF3O2/c1-4-14(5-2,6-3)12-13-10-8-7-9-11-13;3-2(4,5)1(6)7/h7-11H,4-6,12H2,1-3H3;(H,6,7)/q+1;/p-1. The number of alkyl halides is 3. The summed E-state index contributed by atoms with van der Waals surface area (Å²) in [5.41, 5.74) is 1.46. The van der Waals surface area contributed by atoms with Gasteiger partial charge in [0.2, 0.25) is 0 Å². The fraction of sp³-hybridized carbons (Fsp3) is 0.533. The maximum Gasteiger partial charge on any atom is 0.430 e. The van der Waals surface area contributed by atoms with E-state index in [1.54, 1.807) is 0 Å². The van der Waals surface area contributed by atoms with E-state index in [1.807, 2.05) is 0 Å². The van der Waals surface area contributed by atoms with Crippen LogP contribution in [0.25, 0.3) is 0 Å². The molecular formula is C15H22F3NO2. The van der Waals surface area contributed by atoms with E-state index in [9.17, 15) is 13.2 Å². The number of carboxylic acid groups (broad SMARTS) is 1. The molecule has 0 amide bonds. The molecule has 0 aliphatic rings. The van der Waals surface area contributed by atoms with E-state index in [-0.39, 0.29) is 0 Å². The lowest BCUT2D eigenvalue weighted by molar-refractivity contribution is -0.936. The largest absolute Gasteiger partial charge is 0.542 e. The molecule has 0 spiro atoms. The molecule has 0 bridgehead atoms. The van der Waals surface area contributed by atoms with Crippen molar-refractivity contribution in [1.29, 1.82) is 0 Å². The Balaban J connectivity index is 0.000000486. The summed E-state index contributed by atoms with van der Waals surface area (Å²) in [6.07, 6.45) is -5.19. The third-order valence-electron chi connectivity index (χ3n) is 3.60. The van der Waals surface area contributed by atoms with Crippen molar-refractivity contribution in [3.8, 4) is 0 Å². The number of carbonyl (C=O) groups is 1. The zero-order chi connectivity index (χ0) is 16.5. The smallest absolute Gasteiger partial charge is 0.430 e. The van der Waals surface area contributed by atoms with Crippen molar-refractivity contribution in [2.75, 3.05) is 19.6 Å². The number of carboxylic acids is 1. The zero-order valence-electron chi connectivity index (χ0n) is 12.6. The summed E-state index contributed by atoms with van der Waals surface area (Å²) in [6.45, 7) is 11.7. The number of carbonyl (C=O) groups excluding carboxylic acids is 1. The van der Waals surface area contributed by atoms with Gasteiger partial charge in [-0.15, -0.1) is 0 Å². The van der Waals surface area contributed by atoms with E-state index in [1.165, 1.54) is 36.2 Å². The maximum absolute atomic E-state index is 10.5. The molecule has 0 saturated heterocycles. The Bertz CT molecular complexity index is 406. The molecule has 6 heteroatoms. The lowest BCUT2D eigenvalue weighted by Gasteiger charge is -2.35. The number of quaternary nitrogens is 1. The average molecular weight is 305 g/mol. The zero-order valence-corrected chi connectivity index (χ0v) is 12.6. The van der Waals surface area contributed by atoms with E-state index in [0.29, 0.717) is 0 Å². The number of aliphatic carboxylic acids is 1. The highest BCUT2D eigenvalue weighted by molar-refractivity contribution is 5.70. The molecule has 0 aliphatic heterocycles. The van der Waals surface area contributed by atoms with Crippen LogP contribution in [0, 0.1) is 0 Å². The van der Waals surface area contributed by atoms with Crippen molar-refractivity contribution >= 4 is 5.97 Å². The number of benzene rings is 1. The van der Waals surface area contributed by atoms with Gasteiger partial charge >= 0.3 is 6.18 Å². The summed E-state index contributed by atoms with van der Waals surface area (Å²) >= 11 is 0. The first-order valence-corrected chi connectivity index (χ1v) is 6.88. The van der Waals surface area contributed by atoms with Crippen LogP contribution in [0.4, 0.5) is 13.2 Å². The Morgan fingerprint density at radius 2 is 1.43 bits per heavy atom. The number of hydrogen-bond acceptors (Lipinski definition) is 2. The van der Waals surface area contributed by atoms with Gasteiger partial charge in [-0.05, 0) is 20.8 Å². The van der Waals surface area contributed by atoms with Crippen molar-refractivity contribution < 1.29 is 27.6 Å². The molecule has 0 N–H and O–H groups in total. The monoisotopic (exact) mass is 305 g/mol. The first kappa shape index (κ1) is 19.4. The van der Waals surface area contributed by atoms with Crippen LogP contribution in [0.5, 0.6) is 0 Å². The van der Waals surface area contributed by atoms with Gasteiger partial charge in [0.05, 0.1) is 19.6 Å². The molecule has 0 aliphatic carbocycles. The number of nitrogens with zero attached hydrogens (tertiary/aromatic N) is 1. The normalized spacial score (nSPS) is 11.5. The van der Waals surface area contributed by atoms with E-state index in [0.717, 1.165) is 0 Å². The van der Waals surface area contributed by atoms with Gasteiger partial charge in [0.25, 0.3) is 0 Å². The van der Waals surface area contributed by atoms with Crippen LogP contribution >= 0.6 is 0 Å². The topological polar surface area (TPSA) is 40.1 Å². The molecule has 0 fully saturated rings. The SMILES string of the molecule is CC[N+](CC)(CC)Cc1ccccc1.O=C([O-])C(F)(F)F. The van der Waals surface area contributed by atoms with Crippen LogP contribution in [-0.2, 0) is 11.3 Å². The summed E-state index contributed by atoms with van der Waals surface area (Å²) in [5.74, 6) is -3.01. The van der Waals surface area contributed by atoms with Crippen LogP contribution in [0.15, 0.2) is 30.3 Å². The van der Waals surface area contributed by atoms with Crippen molar-refractivity contribution in [2.24, 2.45) is 0 Å². The fourth-order valence-corrected chi connectivity index (χ4v) is 1.98. The minimum atomic E-state index is -5.19. The summed E-state index contributed by atoms with van der Waals surface area (Å²) in [4.78, 5) is 8.78. The maximum atomic E-state index is 10.5. The van der Waals surface area contributed by atoms with Crippen molar-refractivity contribution in [3.63, 3.8) is 0 Å². The van der Waals surface area contributed by atoms with E-state index in [4.69, 9.17) is 9.90 Å². The molecule has 0 saturated carbocycles. The summed E-state index contributed by atoms with van der Waals surface area (Å²) in [7, 11) is 0. The van der Waals surface area contributed by atoms with Crippen molar-refractivity contribution in [1.82, 2.24) is 0 Å². The van der Waals surface area contributed by atoms with Gasteiger partial charge in [-0.25, -0.2) is 0 Å². The van der Waals surface area contributed by atoms with Gasteiger partial charge in [-0.1, -0.05) is 30.3 Å². The Labute approximate surface area is 123 Å². The third-order valence-corrected chi connectivity index (χ3v) is 3.60. The molecular weight excluding hydrogens is 283 g/mol. The van der Waals surface area contributed by atoms with Gasteiger partial charge in [-0.3, -0.25) is 0 Å². The van der Waals surface area contributed by atoms with Crippen molar-refractivity contribution in [3.05, 3.63) is 35.9 Å². The summed E-state index contributed by atoms with van der Waals surface area (Å²) in [5, 5.41) is 8.78. The number of halogens is 3. The molecule has 120 valence electrons. The van der Waals surface area contributed by atoms with Gasteiger partial charge in [0.1, 0.15) is 12.5 Å². The summed E-state index contributed by atoms with van der Waals surface area (Å²) in [6, 6.07) is 10.8. The molecule has 0 atom stereocenters. The Hall–Kier alpha value is -1.56. The van der Waals surface area contributed by atoms with Crippen molar-refractivity contribution in [2.45, 2.75) is 33.5 Å². The van der Waals surface area contributed by atoms with Crippen LogP contribution < -0.4 is 5.11 Å². The summed E-state index contributed by atoms with van der Waals surface area (Å²) < 4.78 is 32.7. The first-order chi connectivity index (χ1) is 9.70. The highest BCUT2D eigenvalue weighted by Gasteiger charge is 2.28. The van der Waals surface area contributed by atoms with E-state index >= 15 is 0 Å². The first-order valence-electron chi connectivity index (χ1n) is 6.88. The molecule has 0 radical (unpaired) electrons. The van der Waals surface area contributed by atoms with Gasteiger partial charge in [-0.2, -0.15) is 13.2 Å². The van der Waals surface area contributed by atoms with Crippen LogP contribution in [0.3, 0.4) is 0 Å². The molecule has 1 aromatic rings. The Kier molecular flexibility index (Phi) is 8.02. The molecule has 0 heterocycles. The molecule has 0 unspecified atom stereocenters. The molecule has 1 aromatic carbocycles. The van der Waals surface area contributed by atoms with Gasteiger partial charge < -0.3 is 14.4 Å². The van der Waals surface area contributed by atoms with Crippen LogP contribution in [0.2, 0.25) is 0 Å². The second-order valence-corrected chi connectivity index (χ2v) is 4.72. The second kappa shape index (κ2) is 8.67. The third kappa shape index (κ3) is 7.13. The van der Waals surface area contributed by atoms with Gasteiger partial charge in [0.15, 0.2) is 0 Å². The fourth-order valence-electron chi connectivity index (χ4n) is 1.98. The minimum absolute atomic E-state index is 1.17. The predicted octanol–water partition coefficient (Wildman–Crippen LogP) is 2.36. The van der Waals surface area contributed by atoms with Crippen LogP contribution in [-0.4, -0.2) is 36.3 Å². The minimum Gasteiger partial charge on any atom is -0.542 e. The van der Waals surface area contributed by atoms with E-state index in [2.05, 4.69) is 51.1 Å². The van der Waals surface area contributed by atoms with E-state index < -0.39 is 12.1 Å². The Morgan fingerprint density at radius 3 is 1.71 bits per heavy atom. The second-order valence-electron chi connectivity index (χ2n) is 4.72. The lowest BCUT2D eigenvalue weighted by Crippen LogP contribution is -2.46. The highest BCUT2D eigenvalue weighted by Crippen LogP contribution is 2.13. The van der Waals surface area contributed by atoms with Crippen LogP contribution in [0.1, 0.15) is 26.3 Å². The average Bonchev–Trinajstić information content (AvgIpc) is 2.46. The molecule has 0 aromatic heterocycles. The predicted molar refractivity (Wildman–Crippen MR) is 73.1 cm³/mol. The highest BCUT2D eigenvalue weighted by atomic mass is 19.4. The molecule has 1 rings (SSSR count). The lowest BCUT2D eigenvalue weighted by atomic mass is 10.2. The number of hydrogen-bond donors (Lipinski definition) is 0. The number of rotatable bonds is 5. The Morgan fingerprint density at radius 1 is 1.05 bits per heavy atom. The quantitative estimate of drug-likeness (QED) is 0.784. The molecule has 3 nitrogen and oxygen atoms in total. The molecule has 21 heavy (non-hydrogen) atoms. The van der Waals surface area contributed by atoms with Gasteiger partial charge in [0, 0.05) is 5.56 Å².